The summed E-state index contributed by atoms with van der Waals surface area (Å²) < 4.78 is 7.54. The molecular weight excluding hydrogens is 252 g/mol. The second kappa shape index (κ2) is 6.05. The van der Waals surface area contributed by atoms with Gasteiger partial charge in [-0.1, -0.05) is 0 Å². The van der Waals surface area contributed by atoms with Crippen LogP contribution in [0.3, 0.4) is 0 Å². The Morgan fingerprint density at radius 2 is 2.10 bits per heavy atom. The summed E-state index contributed by atoms with van der Waals surface area (Å²) in [6.07, 6.45) is 6.38. The van der Waals surface area contributed by atoms with Crippen molar-refractivity contribution in [2.45, 2.75) is 39.8 Å². The lowest BCUT2D eigenvalue weighted by atomic mass is 10.1. The van der Waals surface area contributed by atoms with E-state index in [9.17, 15) is 0 Å². The Morgan fingerprint density at radius 1 is 1.35 bits per heavy atom. The molecule has 108 valence electrons. The fraction of sp³-hybridized carbons (Fsp3) is 0.467. The SMILES string of the molecule is COc1c(C)cnc(Cn2ccnc2CC(C)N)c1C. The number of imidazole rings is 1. The van der Waals surface area contributed by atoms with Crippen molar-refractivity contribution >= 4 is 0 Å². The standard InChI is InChI=1S/C15H22N4O/c1-10-8-18-13(12(3)15(10)20-4)9-19-6-5-17-14(19)7-11(2)16/h5-6,8,11H,7,9,16H2,1-4H3. The molecule has 2 rings (SSSR count). The summed E-state index contributed by atoms with van der Waals surface area (Å²) in [5.74, 6) is 1.89. The summed E-state index contributed by atoms with van der Waals surface area (Å²) in [5, 5.41) is 0. The zero-order valence-corrected chi connectivity index (χ0v) is 12.6. The highest BCUT2D eigenvalue weighted by molar-refractivity contribution is 5.41. The van der Waals surface area contributed by atoms with Gasteiger partial charge in [-0.05, 0) is 20.8 Å². The van der Waals surface area contributed by atoms with Crippen molar-refractivity contribution in [3.05, 3.63) is 41.2 Å². The van der Waals surface area contributed by atoms with Crippen LogP contribution >= 0.6 is 0 Å². The molecule has 0 fully saturated rings. The molecule has 0 saturated heterocycles. The van der Waals surface area contributed by atoms with Gasteiger partial charge in [0, 0.05) is 42.2 Å². The number of hydrogen-bond donors (Lipinski definition) is 1. The molecular formula is C15H22N4O. The first-order valence-corrected chi connectivity index (χ1v) is 6.77. The van der Waals surface area contributed by atoms with Crippen LogP contribution in [0.25, 0.3) is 0 Å². The van der Waals surface area contributed by atoms with E-state index < -0.39 is 0 Å². The number of nitrogens with two attached hydrogens (primary N) is 1. The van der Waals surface area contributed by atoms with Crippen LogP contribution in [0.5, 0.6) is 5.75 Å². The van der Waals surface area contributed by atoms with Crippen molar-refractivity contribution in [2.24, 2.45) is 5.73 Å². The summed E-state index contributed by atoms with van der Waals surface area (Å²) >= 11 is 0. The van der Waals surface area contributed by atoms with Gasteiger partial charge in [0.05, 0.1) is 19.3 Å². The van der Waals surface area contributed by atoms with Crippen molar-refractivity contribution in [1.82, 2.24) is 14.5 Å². The Balaban J connectivity index is 2.29. The number of aromatic nitrogens is 3. The summed E-state index contributed by atoms with van der Waals surface area (Å²) in [4.78, 5) is 8.89. The summed E-state index contributed by atoms with van der Waals surface area (Å²) in [6, 6.07) is 0.0951. The predicted octanol–water partition coefficient (Wildman–Crippen LogP) is 1.84. The average Bonchev–Trinajstić information content (AvgIpc) is 2.80. The number of nitrogens with zero attached hydrogens (tertiary/aromatic N) is 3. The molecule has 0 bridgehead atoms. The molecule has 0 saturated carbocycles. The fourth-order valence-corrected chi connectivity index (χ4v) is 2.35. The van der Waals surface area contributed by atoms with Crippen LogP contribution in [0.1, 0.15) is 29.6 Å². The molecule has 0 spiro atoms. The normalized spacial score (nSPS) is 12.4. The number of aryl methyl sites for hydroxylation is 1. The van der Waals surface area contributed by atoms with Gasteiger partial charge in [-0.15, -0.1) is 0 Å². The van der Waals surface area contributed by atoms with Crippen LogP contribution in [-0.4, -0.2) is 27.7 Å². The third-order valence-corrected chi connectivity index (χ3v) is 3.38. The smallest absolute Gasteiger partial charge is 0.128 e. The van der Waals surface area contributed by atoms with Crippen LogP contribution in [0.2, 0.25) is 0 Å². The Hall–Kier alpha value is -1.88. The molecule has 0 aliphatic heterocycles. The number of pyridine rings is 1. The number of ether oxygens (including phenoxy) is 1. The predicted molar refractivity (Wildman–Crippen MR) is 78.9 cm³/mol. The maximum Gasteiger partial charge on any atom is 0.128 e. The molecule has 2 heterocycles. The average molecular weight is 274 g/mol. The van der Waals surface area contributed by atoms with Crippen molar-refractivity contribution < 1.29 is 4.74 Å². The zero-order valence-electron chi connectivity index (χ0n) is 12.6. The molecule has 0 aliphatic carbocycles. The number of rotatable bonds is 5. The van der Waals surface area contributed by atoms with Crippen molar-refractivity contribution in [3.8, 4) is 5.75 Å². The minimum atomic E-state index is 0.0951. The van der Waals surface area contributed by atoms with E-state index >= 15 is 0 Å². The summed E-state index contributed by atoms with van der Waals surface area (Å²) in [6.45, 7) is 6.71. The van der Waals surface area contributed by atoms with Gasteiger partial charge in [-0.25, -0.2) is 4.98 Å². The molecule has 2 aromatic heterocycles. The van der Waals surface area contributed by atoms with Gasteiger partial charge >= 0.3 is 0 Å². The van der Waals surface area contributed by atoms with Crippen molar-refractivity contribution in [2.75, 3.05) is 7.11 Å². The molecule has 20 heavy (non-hydrogen) atoms. The maximum atomic E-state index is 5.85. The molecule has 2 N–H and O–H groups in total. The van der Waals surface area contributed by atoms with Crippen LogP contribution in [-0.2, 0) is 13.0 Å². The molecule has 0 aliphatic rings. The maximum absolute atomic E-state index is 5.85. The highest BCUT2D eigenvalue weighted by atomic mass is 16.5. The van der Waals surface area contributed by atoms with Gasteiger partial charge in [0.2, 0.25) is 0 Å². The molecule has 1 unspecified atom stereocenters. The van der Waals surface area contributed by atoms with Crippen LogP contribution in [0, 0.1) is 13.8 Å². The summed E-state index contributed by atoms with van der Waals surface area (Å²) in [5.41, 5.74) is 8.98. The van der Waals surface area contributed by atoms with Crippen LogP contribution < -0.4 is 10.5 Å². The van der Waals surface area contributed by atoms with Gasteiger partial charge in [0.15, 0.2) is 0 Å². The van der Waals surface area contributed by atoms with E-state index in [0.29, 0.717) is 6.54 Å². The topological polar surface area (TPSA) is 66.0 Å². The molecule has 0 amide bonds. The van der Waals surface area contributed by atoms with Crippen molar-refractivity contribution in [3.63, 3.8) is 0 Å². The number of methoxy groups -OCH3 is 1. The van der Waals surface area contributed by atoms with E-state index in [-0.39, 0.29) is 6.04 Å². The van der Waals surface area contributed by atoms with Crippen LogP contribution in [0.4, 0.5) is 0 Å². The molecule has 0 aromatic carbocycles. The van der Waals surface area contributed by atoms with E-state index in [1.165, 1.54) is 0 Å². The Labute approximate surface area is 119 Å². The van der Waals surface area contributed by atoms with E-state index in [2.05, 4.69) is 14.5 Å². The minimum absolute atomic E-state index is 0.0951. The highest BCUT2D eigenvalue weighted by Crippen LogP contribution is 2.24. The third kappa shape index (κ3) is 2.99. The summed E-state index contributed by atoms with van der Waals surface area (Å²) in [7, 11) is 1.69. The largest absolute Gasteiger partial charge is 0.496 e. The highest BCUT2D eigenvalue weighted by Gasteiger charge is 2.12. The van der Waals surface area contributed by atoms with Gasteiger partial charge in [-0.3, -0.25) is 4.98 Å². The Bertz CT molecular complexity index is 590. The van der Waals surface area contributed by atoms with E-state index in [0.717, 1.165) is 34.8 Å². The Morgan fingerprint density at radius 3 is 2.75 bits per heavy atom. The molecule has 1 atom stereocenters. The zero-order chi connectivity index (χ0) is 14.7. The first-order chi connectivity index (χ1) is 9.52. The minimum Gasteiger partial charge on any atom is -0.496 e. The number of hydrogen-bond acceptors (Lipinski definition) is 4. The first-order valence-electron chi connectivity index (χ1n) is 6.77. The monoisotopic (exact) mass is 274 g/mol. The molecule has 2 aromatic rings. The lowest BCUT2D eigenvalue weighted by Gasteiger charge is -2.14. The molecule has 5 nitrogen and oxygen atoms in total. The first kappa shape index (κ1) is 14.5. The third-order valence-electron chi connectivity index (χ3n) is 3.38. The second-order valence-electron chi connectivity index (χ2n) is 5.20. The lowest BCUT2D eigenvalue weighted by Crippen LogP contribution is -2.21. The van der Waals surface area contributed by atoms with E-state index in [1.54, 1.807) is 13.3 Å². The van der Waals surface area contributed by atoms with E-state index in [4.69, 9.17) is 10.5 Å². The van der Waals surface area contributed by atoms with Crippen LogP contribution in [0.15, 0.2) is 18.6 Å². The van der Waals surface area contributed by atoms with Crippen molar-refractivity contribution in [1.29, 1.82) is 0 Å². The van der Waals surface area contributed by atoms with Gasteiger partial charge in [-0.2, -0.15) is 0 Å². The molecule has 5 heteroatoms. The van der Waals surface area contributed by atoms with Gasteiger partial charge in [0.1, 0.15) is 11.6 Å². The second-order valence-corrected chi connectivity index (χ2v) is 5.20. The Kier molecular flexibility index (Phi) is 4.39. The van der Waals surface area contributed by atoms with E-state index in [1.807, 2.05) is 33.2 Å². The fourth-order valence-electron chi connectivity index (χ4n) is 2.35. The lowest BCUT2D eigenvalue weighted by molar-refractivity contribution is 0.406. The van der Waals surface area contributed by atoms with Gasteiger partial charge < -0.3 is 15.0 Å². The van der Waals surface area contributed by atoms with Gasteiger partial charge in [0.25, 0.3) is 0 Å². The quantitative estimate of drug-likeness (QED) is 0.903. The molecule has 0 radical (unpaired) electrons.